The normalized spacial score (nSPS) is 17.1. The number of carbonyl (C=O) groups is 4. The van der Waals surface area contributed by atoms with Crippen LogP contribution in [0.15, 0.2) is 91.0 Å². The lowest BCUT2D eigenvalue weighted by molar-refractivity contribution is -0.117. The monoisotopic (exact) mass is 955 g/mol. The van der Waals surface area contributed by atoms with Gasteiger partial charge in [0.15, 0.2) is 23.0 Å². The van der Waals surface area contributed by atoms with Gasteiger partial charge in [0.1, 0.15) is 19.0 Å². The van der Waals surface area contributed by atoms with Crippen LogP contribution in [0.5, 0.6) is 23.0 Å². The summed E-state index contributed by atoms with van der Waals surface area (Å²) in [7, 11) is 6.45. The van der Waals surface area contributed by atoms with E-state index in [1.807, 2.05) is 90.4 Å². The van der Waals surface area contributed by atoms with Crippen molar-refractivity contribution in [3.05, 3.63) is 124 Å². The number of methoxy groups -OCH3 is 2. The van der Waals surface area contributed by atoms with Gasteiger partial charge in [-0.05, 0) is 105 Å². The fraction of sp³-hybridized carbons (Fsp3) is 0.358. The second kappa shape index (κ2) is 19.7. The first-order valence-electron chi connectivity index (χ1n) is 23.0. The Morgan fingerprint density at radius 3 is 1.72 bits per heavy atom. The van der Waals surface area contributed by atoms with Crippen molar-refractivity contribution < 1.29 is 38.1 Å². The zero-order valence-corrected chi connectivity index (χ0v) is 40.9. The maximum atomic E-state index is 14.1. The van der Waals surface area contributed by atoms with E-state index in [-0.39, 0.29) is 60.5 Å². The van der Waals surface area contributed by atoms with Gasteiger partial charge < -0.3 is 49.5 Å². The van der Waals surface area contributed by atoms with Gasteiger partial charge in [0.25, 0.3) is 11.8 Å². The SMILES string of the molecule is COc1cc2c(cc1OCc1cc(COc3cc4c(cc3OC)C(=O)N3c5ccccc5C[C@H]3CN4)cc(NC(=O)CC(C)(C)SSC(C)CCC(C)=O)c1)NC[C@@H]1Cc3ccccc3N1C2=O. The zero-order chi connectivity index (χ0) is 47.7. The van der Waals surface area contributed by atoms with Gasteiger partial charge in [-0.1, -0.05) is 64.9 Å². The van der Waals surface area contributed by atoms with Crippen LogP contribution >= 0.6 is 21.6 Å². The van der Waals surface area contributed by atoms with Crippen molar-refractivity contribution in [1.82, 2.24) is 0 Å². The van der Waals surface area contributed by atoms with Gasteiger partial charge in [0.05, 0.1) is 48.8 Å². The van der Waals surface area contributed by atoms with Crippen molar-refractivity contribution in [2.24, 2.45) is 0 Å². The molecule has 0 radical (unpaired) electrons. The largest absolute Gasteiger partial charge is 0.493 e. The van der Waals surface area contributed by atoms with E-state index in [2.05, 4.69) is 35.0 Å². The predicted octanol–water partition coefficient (Wildman–Crippen LogP) is 10.1. The summed E-state index contributed by atoms with van der Waals surface area (Å²) in [4.78, 5) is 57.2. The molecule has 5 aromatic carbocycles. The van der Waals surface area contributed by atoms with E-state index in [1.165, 1.54) is 0 Å². The number of ether oxygens (including phenoxy) is 4. The molecule has 13 nitrogen and oxygen atoms in total. The fourth-order valence-electron chi connectivity index (χ4n) is 9.44. The van der Waals surface area contributed by atoms with E-state index in [0.717, 1.165) is 52.9 Å². The third-order valence-electron chi connectivity index (χ3n) is 12.8. The van der Waals surface area contributed by atoms with Crippen LogP contribution in [0, 0.1) is 0 Å². The number of carbonyl (C=O) groups excluding carboxylic acids is 4. The van der Waals surface area contributed by atoms with Crippen LogP contribution in [-0.2, 0) is 35.6 Å². The number of rotatable bonds is 17. The summed E-state index contributed by atoms with van der Waals surface area (Å²) in [5.41, 5.74) is 8.57. The molecule has 0 saturated carbocycles. The van der Waals surface area contributed by atoms with Crippen molar-refractivity contribution >= 4 is 73.5 Å². The molecule has 15 heteroatoms. The lowest BCUT2D eigenvalue weighted by atomic mass is 10.1. The summed E-state index contributed by atoms with van der Waals surface area (Å²) < 4.78 is 24.2. The molecule has 0 saturated heterocycles. The molecule has 0 fully saturated rings. The quantitative estimate of drug-likeness (QED) is 0.0762. The van der Waals surface area contributed by atoms with Gasteiger partial charge in [-0.2, -0.15) is 0 Å². The molecule has 0 bridgehead atoms. The summed E-state index contributed by atoms with van der Waals surface area (Å²) in [5.74, 6) is 1.57. The minimum Gasteiger partial charge on any atom is -0.493 e. The van der Waals surface area contributed by atoms with Crippen molar-refractivity contribution in [3.8, 4) is 23.0 Å². The molecule has 3 N–H and O–H groups in total. The number of Topliss-reactive ketones (excluding diaryl/α,β-unsaturated/α-hetero) is 1. The van der Waals surface area contributed by atoms with E-state index >= 15 is 0 Å². The number of hydrogen-bond donors (Lipinski definition) is 3. The summed E-state index contributed by atoms with van der Waals surface area (Å²) in [6.45, 7) is 9.16. The number of anilines is 5. The van der Waals surface area contributed by atoms with E-state index in [4.69, 9.17) is 18.9 Å². The highest BCUT2D eigenvalue weighted by atomic mass is 33.1. The van der Waals surface area contributed by atoms with Crippen LogP contribution in [0.2, 0.25) is 0 Å². The van der Waals surface area contributed by atoms with Crippen LogP contribution in [0.3, 0.4) is 0 Å². The van der Waals surface area contributed by atoms with Crippen LogP contribution < -0.4 is 44.7 Å². The molecule has 4 aliphatic heterocycles. The first-order valence-corrected chi connectivity index (χ1v) is 25.3. The number of ketones is 1. The summed E-state index contributed by atoms with van der Waals surface area (Å²) in [6, 6.07) is 28.8. The number of hydrogen-bond acceptors (Lipinski definition) is 12. The molecule has 0 spiro atoms. The smallest absolute Gasteiger partial charge is 0.260 e. The molecule has 3 amide bonds. The number of benzene rings is 5. The highest BCUT2D eigenvalue weighted by molar-refractivity contribution is 8.77. The van der Waals surface area contributed by atoms with Crippen molar-refractivity contribution in [2.75, 3.05) is 53.1 Å². The Labute approximate surface area is 405 Å². The highest BCUT2D eigenvalue weighted by Gasteiger charge is 2.39. The van der Waals surface area contributed by atoms with Gasteiger partial charge in [-0.3, -0.25) is 14.4 Å². The molecule has 4 heterocycles. The molecule has 5 aromatic rings. The second-order valence-electron chi connectivity index (χ2n) is 18.5. The van der Waals surface area contributed by atoms with Crippen molar-refractivity contribution in [1.29, 1.82) is 0 Å². The first-order chi connectivity index (χ1) is 32.8. The Morgan fingerprint density at radius 2 is 1.24 bits per heavy atom. The van der Waals surface area contributed by atoms with Crippen molar-refractivity contribution in [3.63, 3.8) is 0 Å². The molecule has 3 atom stereocenters. The van der Waals surface area contributed by atoms with Gasteiger partial charge in [0, 0.05) is 65.1 Å². The minimum atomic E-state index is -0.390. The molecule has 68 heavy (non-hydrogen) atoms. The molecule has 354 valence electrons. The number of nitrogens with zero attached hydrogens (tertiary/aromatic N) is 2. The zero-order valence-electron chi connectivity index (χ0n) is 39.2. The number of nitrogens with one attached hydrogen (secondary N) is 3. The van der Waals surface area contributed by atoms with Crippen molar-refractivity contribution in [2.45, 2.75) is 95.1 Å². The van der Waals surface area contributed by atoms with E-state index in [9.17, 15) is 19.2 Å². The summed E-state index contributed by atoms with van der Waals surface area (Å²) in [5, 5.41) is 10.4. The maximum Gasteiger partial charge on any atom is 0.260 e. The molecule has 4 aliphatic rings. The van der Waals surface area contributed by atoms with Crippen LogP contribution in [-0.4, -0.2) is 72.9 Å². The Balaban J connectivity index is 0.954. The van der Waals surface area contributed by atoms with Crippen LogP contribution in [0.1, 0.15) is 89.9 Å². The van der Waals surface area contributed by atoms with E-state index < -0.39 is 4.75 Å². The van der Waals surface area contributed by atoms with Gasteiger partial charge >= 0.3 is 0 Å². The lowest BCUT2D eigenvalue weighted by Gasteiger charge is -2.24. The topological polar surface area (TPSA) is 148 Å². The standard InChI is InChI=1S/C53H57N5O8S2/c1-31(59)15-16-32(2)67-68-53(3,4)26-50(60)56-37-18-33(29-65-48-24-42-40(22-46(48)63-5)51(61)57-38(27-54-42)20-35-11-7-9-13-44(35)57)17-34(19-37)30-66-49-25-43-41(23-47(49)64-6)52(62)58-39(28-55-43)21-36-12-8-10-14-45(36)58/h7-14,17-19,22-25,32,38-39,54-55H,15-16,20-21,26-30H2,1-6H3,(H,56,60)/t32?,38-,39-/m0/s1. The van der Waals surface area contributed by atoms with E-state index in [1.54, 1.807) is 54.9 Å². The fourth-order valence-corrected chi connectivity index (χ4v) is 12.0. The van der Waals surface area contributed by atoms with Crippen LogP contribution in [0.4, 0.5) is 28.4 Å². The Hall–Kier alpha value is -6.32. The Morgan fingerprint density at radius 1 is 0.735 bits per heavy atom. The molecule has 1 unspecified atom stereocenters. The number of fused-ring (bicyclic) bond motifs is 8. The summed E-state index contributed by atoms with van der Waals surface area (Å²) >= 11 is 0. The number of para-hydroxylation sites is 2. The molecular formula is C53H57N5O8S2. The Bertz CT molecular complexity index is 2630. The number of amides is 3. The van der Waals surface area contributed by atoms with Gasteiger partial charge in [-0.15, -0.1) is 0 Å². The molecule has 0 aromatic heterocycles. The van der Waals surface area contributed by atoms with Gasteiger partial charge in [-0.25, -0.2) is 0 Å². The van der Waals surface area contributed by atoms with E-state index in [0.29, 0.717) is 70.7 Å². The highest BCUT2D eigenvalue weighted by Crippen LogP contribution is 2.44. The maximum absolute atomic E-state index is 14.1. The van der Waals surface area contributed by atoms with Gasteiger partial charge in [0.2, 0.25) is 5.91 Å². The third kappa shape index (κ3) is 9.95. The second-order valence-corrected chi connectivity index (χ2v) is 21.9. The molecular weight excluding hydrogens is 899 g/mol. The molecule has 0 aliphatic carbocycles. The molecule has 9 rings (SSSR count). The average molecular weight is 956 g/mol. The predicted molar refractivity (Wildman–Crippen MR) is 271 cm³/mol. The van der Waals surface area contributed by atoms with Crippen LogP contribution in [0.25, 0.3) is 0 Å². The third-order valence-corrected chi connectivity index (χ3v) is 16.6. The lowest BCUT2D eigenvalue weighted by Crippen LogP contribution is -2.39. The minimum absolute atomic E-state index is 0.0223. The summed E-state index contributed by atoms with van der Waals surface area (Å²) in [6.07, 6.45) is 3.11. The first kappa shape index (κ1) is 46.8. The Kier molecular flexibility index (Phi) is 13.6. The average Bonchev–Trinajstić information content (AvgIpc) is 3.81.